The van der Waals surface area contributed by atoms with E-state index in [0.29, 0.717) is 5.56 Å². The van der Waals surface area contributed by atoms with Gasteiger partial charge in [-0.15, -0.1) is 0 Å². The zero-order valence-electron chi connectivity index (χ0n) is 11.1. The van der Waals surface area contributed by atoms with E-state index < -0.39 is 23.7 Å². The number of nitrogens with two attached hydrogens (primary N) is 1. The van der Waals surface area contributed by atoms with Gasteiger partial charge in [0.2, 0.25) is 5.91 Å². The topological polar surface area (TPSA) is 72.9 Å². The standard InChI is InChI=1S/C13H13F3N4O/c1-20-7-8(6-18-20)11(17)12(21)19-10-4-2-9(3-5-10)13(14,15)16/h2-7,11H,17H2,1H3,(H,19,21). The molecule has 3 N–H and O–H groups in total. The van der Waals surface area contributed by atoms with Crippen LogP contribution in [0.4, 0.5) is 18.9 Å². The van der Waals surface area contributed by atoms with Crippen LogP contribution in [0.2, 0.25) is 0 Å². The van der Waals surface area contributed by atoms with Gasteiger partial charge in [0.1, 0.15) is 6.04 Å². The number of aryl methyl sites for hydroxylation is 1. The van der Waals surface area contributed by atoms with Crippen LogP contribution in [0.15, 0.2) is 36.7 Å². The van der Waals surface area contributed by atoms with Crippen LogP contribution in [0.1, 0.15) is 17.2 Å². The van der Waals surface area contributed by atoms with Gasteiger partial charge in [-0.2, -0.15) is 18.3 Å². The van der Waals surface area contributed by atoms with Gasteiger partial charge in [0.15, 0.2) is 0 Å². The van der Waals surface area contributed by atoms with Crippen molar-refractivity contribution in [1.82, 2.24) is 9.78 Å². The fourth-order valence-electron chi connectivity index (χ4n) is 1.71. The Morgan fingerprint density at radius 3 is 2.43 bits per heavy atom. The van der Waals surface area contributed by atoms with Gasteiger partial charge in [-0.3, -0.25) is 9.48 Å². The van der Waals surface area contributed by atoms with Crippen molar-refractivity contribution in [3.8, 4) is 0 Å². The van der Waals surface area contributed by atoms with E-state index >= 15 is 0 Å². The third-order valence-electron chi connectivity index (χ3n) is 2.85. The summed E-state index contributed by atoms with van der Waals surface area (Å²) in [5.41, 5.74) is 5.73. The molecule has 0 aliphatic carbocycles. The number of hydrogen-bond donors (Lipinski definition) is 2. The number of hydrogen-bond acceptors (Lipinski definition) is 3. The highest BCUT2D eigenvalue weighted by molar-refractivity contribution is 5.95. The average molecular weight is 298 g/mol. The molecule has 0 radical (unpaired) electrons. The molecular formula is C13H13F3N4O. The second-order valence-electron chi connectivity index (χ2n) is 4.49. The van der Waals surface area contributed by atoms with Crippen molar-refractivity contribution in [2.24, 2.45) is 12.8 Å². The molecule has 8 heteroatoms. The van der Waals surface area contributed by atoms with E-state index in [1.807, 2.05) is 0 Å². The number of rotatable bonds is 3. The fraction of sp³-hybridized carbons (Fsp3) is 0.231. The van der Waals surface area contributed by atoms with Crippen molar-refractivity contribution in [2.75, 3.05) is 5.32 Å². The average Bonchev–Trinajstić information content (AvgIpc) is 2.84. The molecule has 1 atom stereocenters. The smallest absolute Gasteiger partial charge is 0.324 e. The first-order valence-electron chi connectivity index (χ1n) is 5.99. The Labute approximate surface area is 118 Å². The van der Waals surface area contributed by atoms with Gasteiger partial charge in [0.05, 0.1) is 11.8 Å². The minimum absolute atomic E-state index is 0.243. The Morgan fingerprint density at radius 2 is 1.95 bits per heavy atom. The monoisotopic (exact) mass is 298 g/mol. The molecule has 0 bridgehead atoms. The van der Waals surface area contributed by atoms with Crippen LogP contribution >= 0.6 is 0 Å². The van der Waals surface area contributed by atoms with Crippen molar-refractivity contribution in [3.63, 3.8) is 0 Å². The number of nitrogens with one attached hydrogen (secondary N) is 1. The minimum atomic E-state index is -4.41. The summed E-state index contributed by atoms with van der Waals surface area (Å²) in [6, 6.07) is 3.20. The lowest BCUT2D eigenvalue weighted by Gasteiger charge is -2.12. The SMILES string of the molecule is Cn1cc(C(N)C(=O)Nc2ccc(C(F)(F)F)cc2)cn1. The summed E-state index contributed by atoms with van der Waals surface area (Å²) in [4.78, 5) is 11.9. The molecule has 0 saturated carbocycles. The number of halogens is 3. The summed E-state index contributed by atoms with van der Waals surface area (Å²) < 4.78 is 38.8. The van der Waals surface area contributed by atoms with Crippen molar-refractivity contribution in [2.45, 2.75) is 12.2 Å². The molecule has 0 spiro atoms. The van der Waals surface area contributed by atoms with Gasteiger partial charge < -0.3 is 11.1 Å². The van der Waals surface area contributed by atoms with E-state index in [2.05, 4.69) is 10.4 Å². The molecule has 112 valence electrons. The molecule has 1 amide bonds. The largest absolute Gasteiger partial charge is 0.416 e. The first-order chi connectivity index (χ1) is 9.77. The van der Waals surface area contributed by atoms with Crippen LogP contribution in [-0.2, 0) is 18.0 Å². The third kappa shape index (κ3) is 3.60. The van der Waals surface area contributed by atoms with E-state index in [-0.39, 0.29) is 5.69 Å². The molecule has 5 nitrogen and oxygen atoms in total. The van der Waals surface area contributed by atoms with E-state index in [0.717, 1.165) is 12.1 Å². The second kappa shape index (κ2) is 5.57. The number of anilines is 1. The summed E-state index contributed by atoms with van der Waals surface area (Å²) in [5.74, 6) is -0.525. The Balaban J connectivity index is 2.06. The lowest BCUT2D eigenvalue weighted by molar-refractivity contribution is -0.137. The summed E-state index contributed by atoms with van der Waals surface area (Å²) in [7, 11) is 1.68. The predicted molar refractivity (Wildman–Crippen MR) is 70.2 cm³/mol. The Bertz CT molecular complexity index is 634. The molecule has 0 aliphatic heterocycles. The van der Waals surface area contributed by atoms with Crippen molar-refractivity contribution in [1.29, 1.82) is 0 Å². The zero-order valence-corrected chi connectivity index (χ0v) is 11.1. The van der Waals surface area contributed by atoms with Crippen LogP contribution in [0.25, 0.3) is 0 Å². The first-order valence-corrected chi connectivity index (χ1v) is 5.99. The molecule has 1 aromatic carbocycles. The highest BCUT2D eigenvalue weighted by atomic mass is 19.4. The molecule has 0 fully saturated rings. The van der Waals surface area contributed by atoms with Crippen LogP contribution < -0.4 is 11.1 Å². The Kier molecular flexibility index (Phi) is 3.99. The normalized spacial score (nSPS) is 13.0. The number of nitrogens with zero attached hydrogens (tertiary/aromatic N) is 2. The quantitative estimate of drug-likeness (QED) is 0.911. The maximum atomic E-state index is 12.4. The Hall–Kier alpha value is -2.35. The van der Waals surface area contributed by atoms with Gasteiger partial charge >= 0.3 is 6.18 Å². The molecule has 21 heavy (non-hydrogen) atoms. The summed E-state index contributed by atoms with van der Waals surface area (Å²) in [5, 5.41) is 6.36. The summed E-state index contributed by atoms with van der Waals surface area (Å²) in [6.45, 7) is 0. The van der Waals surface area contributed by atoms with Crippen molar-refractivity contribution in [3.05, 3.63) is 47.8 Å². The molecule has 0 saturated heterocycles. The molecule has 1 heterocycles. The summed E-state index contributed by atoms with van der Waals surface area (Å²) in [6.07, 6.45) is -1.36. The molecule has 2 aromatic rings. The van der Waals surface area contributed by atoms with Gasteiger partial charge in [-0.05, 0) is 24.3 Å². The van der Waals surface area contributed by atoms with E-state index in [9.17, 15) is 18.0 Å². The highest BCUT2D eigenvalue weighted by Crippen LogP contribution is 2.29. The van der Waals surface area contributed by atoms with Gasteiger partial charge in [-0.25, -0.2) is 0 Å². The third-order valence-corrected chi connectivity index (χ3v) is 2.85. The second-order valence-corrected chi connectivity index (χ2v) is 4.49. The van der Waals surface area contributed by atoms with Gasteiger partial charge in [0, 0.05) is 24.5 Å². The Morgan fingerprint density at radius 1 is 1.33 bits per heavy atom. The van der Waals surface area contributed by atoms with Crippen LogP contribution in [0, 0.1) is 0 Å². The first kappa shape index (κ1) is 15.0. The van der Waals surface area contributed by atoms with Crippen molar-refractivity contribution < 1.29 is 18.0 Å². The number of aromatic nitrogens is 2. The maximum Gasteiger partial charge on any atom is 0.416 e. The van der Waals surface area contributed by atoms with Crippen LogP contribution in [0.5, 0.6) is 0 Å². The number of alkyl halides is 3. The molecule has 1 aromatic heterocycles. The number of carbonyl (C=O) groups is 1. The number of carbonyl (C=O) groups excluding carboxylic acids is 1. The van der Waals surface area contributed by atoms with Gasteiger partial charge in [-0.1, -0.05) is 0 Å². The van der Waals surface area contributed by atoms with Crippen molar-refractivity contribution >= 4 is 11.6 Å². The van der Waals surface area contributed by atoms with Gasteiger partial charge in [0.25, 0.3) is 0 Å². The van der Waals surface area contributed by atoms with Crippen LogP contribution in [0.3, 0.4) is 0 Å². The lowest BCUT2D eigenvalue weighted by atomic mass is 10.1. The summed E-state index contributed by atoms with van der Waals surface area (Å²) >= 11 is 0. The zero-order chi connectivity index (χ0) is 15.6. The maximum absolute atomic E-state index is 12.4. The van der Waals surface area contributed by atoms with Crippen LogP contribution in [-0.4, -0.2) is 15.7 Å². The number of amides is 1. The molecular weight excluding hydrogens is 285 g/mol. The van der Waals surface area contributed by atoms with E-state index in [1.54, 1.807) is 13.2 Å². The molecule has 2 rings (SSSR count). The molecule has 1 unspecified atom stereocenters. The van der Waals surface area contributed by atoms with E-state index in [1.165, 1.54) is 23.0 Å². The molecule has 0 aliphatic rings. The minimum Gasteiger partial charge on any atom is -0.324 e. The number of benzene rings is 1. The fourth-order valence-corrected chi connectivity index (χ4v) is 1.71. The van der Waals surface area contributed by atoms with E-state index in [4.69, 9.17) is 5.73 Å². The highest BCUT2D eigenvalue weighted by Gasteiger charge is 2.30. The lowest BCUT2D eigenvalue weighted by Crippen LogP contribution is -2.27. The predicted octanol–water partition coefficient (Wildman–Crippen LogP) is 2.08.